The van der Waals surface area contributed by atoms with Gasteiger partial charge in [0, 0.05) is 9.77 Å². The van der Waals surface area contributed by atoms with Gasteiger partial charge in [0.2, 0.25) is 0 Å². The van der Waals surface area contributed by atoms with Gasteiger partial charge in [0.05, 0.1) is 10.8 Å². The van der Waals surface area contributed by atoms with E-state index in [0.29, 0.717) is 5.22 Å². The first kappa shape index (κ1) is 11.3. The standard InChI is InChI=1S/C10H7ClINOS/c11-9-3-2-8(14-9)6-15-10-4-1-7(12)5-13-10/h1-5H,6H2. The van der Waals surface area contributed by atoms with E-state index in [9.17, 15) is 0 Å². The van der Waals surface area contributed by atoms with Crippen molar-refractivity contribution < 1.29 is 4.42 Å². The molecule has 0 saturated heterocycles. The zero-order valence-corrected chi connectivity index (χ0v) is 11.3. The van der Waals surface area contributed by atoms with Crippen LogP contribution in [0.2, 0.25) is 5.22 Å². The number of thioether (sulfide) groups is 1. The van der Waals surface area contributed by atoms with E-state index in [0.717, 1.165) is 20.1 Å². The molecule has 0 aromatic carbocycles. The second-order valence-electron chi connectivity index (χ2n) is 2.81. The predicted molar refractivity (Wildman–Crippen MR) is 70.2 cm³/mol. The third kappa shape index (κ3) is 3.39. The molecular formula is C10H7ClINOS. The fourth-order valence-corrected chi connectivity index (χ4v) is 2.24. The van der Waals surface area contributed by atoms with Crippen LogP contribution in [0.15, 0.2) is 39.9 Å². The van der Waals surface area contributed by atoms with Gasteiger partial charge in [0.15, 0.2) is 5.22 Å². The molecule has 78 valence electrons. The quantitative estimate of drug-likeness (QED) is 0.611. The Morgan fingerprint density at radius 3 is 2.80 bits per heavy atom. The van der Waals surface area contributed by atoms with Crippen LogP contribution in [0, 0.1) is 3.57 Å². The highest BCUT2D eigenvalue weighted by atomic mass is 127. The molecule has 0 aliphatic rings. The summed E-state index contributed by atoms with van der Waals surface area (Å²) >= 11 is 9.53. The number of nitrogens with zero attached hydrogens (tertiary/aromatic N) is 1. The predicted octanol–water partition coefficient (Wildman–Crippen LogP) is 4.22. The topological polar surface area (TPSA) is 26.0 Å². The fraction of sp³-hybridized carbons (Fsp3) is 0.100. The average Bonchev–Trinajstić information content (AvgIpc) is 2.64. The van der Waals surface area contributed by atoms with Gasteiger partial charge < -0.3 is 4.42 Å². The molecule has 0 radical (unpaired) electrons. The molecule has 0 saturated carbocycles. The Morgan fingerprint density at radius 1 is 1.33 bits per heavy atom. The molecule has 0 spiro atoms. The SMILES string of the molecule is Clc1ccc(CSc2ccc(I)cn2)o1. The number of furan rings is 1. The monoisotopic (exact) mass is 351 g/mol. The Labute approximate surface area is 111 Å². The van der Waals surface area contributed by atoms with Crippen LogP contribution in [0.1, 0.15) is 5.76 Å². The Bertz CT molecular complexity index is 443. The number of hydrogen-bond acceptors (Lipinski definition) is 3. The maximum Gasteiger partial charge on any atom is 0.193 e. The highest BCUT2D eigenvalue weighted by Crippen LogP contribution is 2.23. The lowest BCUT2D eigenvalue weighted by molar-refractivity contribution is 0.532. The lowest BCUT2D eigenvalue weighted by Crippen LogP contribution is -1.81. The first-order chi connectivity index (χ1) is 7.24. The third-order valence-electron chi connectivity index (χ3n) is 1.69. The molecule has 15 heavy (non-hydrogen) atoms. The summed E-state index contributed by atoms with van der Waals surface area (Å²) in [7, 11) is 0. The number of halogens is 2. The van der Waals surface area contributed by atoms with Crippen molar-refractivity contribution in [1.29, 1.82) is 0 Å². The van der Waals surface area contributed by atoms with Crippen molar-refractivity contribution in [3.8, 4) is 0 Å². The Balaban J connectivity index is 1.96. The fourth-order valence-electron chi connectivity index (χ4n) is 1.02. The van der Waals surface area contributed by atoms with Crippen LogP contribution in [0.3, 0.4) is 0 Å². The molecule has 5 heteroatoms. The molecule has 0 atom stereocenters. The third-order valence-corrected chi connectivity index (χ3v) is 3.50. The first-order valence-corrected chi connectivity index (χ1v) is 6.67. The second-order valence-corrected chi connectivity index (χ2v) is 5.42. The van der Waals surface area contributed by atoms with Gasteiger partial charge in [-0.25, -0.2) is 4.98 Å². The number of hydrogen-bond donors (Lipinski definition) is 0. The van der Waals surface area contributed by atoms with Gasteiger partial charge in [0.25, 0.3) is 0 Å². The molecule has 0 aliphatic heterocycles. The minimum absolute atomic E-state index is 0.432. The lowest BCUT2D eigenvalue weighted by atomic mass is 10.5. The smallest absolute Gasteiger partial charge is 0.193 e. The van der Waals surface area contributed by atoms with Gasteiger partial charge in [0.1, 0.15) is 5.76 Å². The van der Waals surface area contributed by atoms with Crippen molar-refractivity contribution >= 4 is 46.0 Å². The van der Waals surface area contributed by atoms with Crippen molar-refractivity contribution in [3.05, 3.63) is 45.0 Å². The molecule has 0 unspecified atom stereocenters. The van der Waals surface area contributed by atoms with Crippen LogP contribution in [0.4, 0.5) is 0 Å². The highest BCUT2D eigenvalue weighted by molar-refractivity contribution is 14.1. The summed E-state index contributed by atoms with van der Waals surface area (Å²) in [5.74, 6) is 1.62. The molecular weight excluding hydrogens is 345 g/mol. The number of rotatable bonds is 3. The summed E-state index contributed by atoms with van der Waals surface area (Å²) in [6.45, 7) is 0. The van der Waals surface area contributed by atoms with E-state index >= 15 is 0 Å². The minimum Gasteiger partial charge on any atom is -0.449 e. The number of pyridine rings is 1. The van der Waals surface area contributed by atoms with Gasteiger partial charge in [-0.05, 0) is 58.5 Å². The molecule has 2 aromatic rings. The maximum atomic E-state index is 5.67. The van der Waals surface area contributed by atoms with Gasteiger partial charge >= 0.3 is 0 Å². The molecule has 0 amide bonds. The molecule has 0 fully saturated rings. The largest absolute Gasteiger partial charge is 0.449 e. The normalized spacial score (nSPS) is 10.5. The maximum absolute atomic E-state index is 5.67. The van der Waals surface area contributed by atoms with Crippen molar-refractivity contribution in [2.24, 2.45) is 0 Å². The summed E-state index contributed by atoms with van der Waals surface area (Å²) in [5.41, 5.74) is 0. The summed E-state index contributed by atoms with van der Waals surface area (Å²) < 4.78 is 6.38. The summed E-state index contributed by atoms with van der Waals surface area (Å²) in [6, 6.07) is 7.66. The van der Waals surface area contributed by atoms with Crippen LogP contribution in [0.5, 0.6) is 0 Å². The van der Waals surface area contributed by atoms with Gasteiger partial charge in [-0.2, -0.15) is 0 Å². The van der Waals surface area contributed by atoms with E-state index in [2.05, 4.69) is 27.6 Å². The summed E-state index contributed by atoms with van der Waals surface area (Å²) in [4.78, 5) is 4.28. The Hall–Kier alpha value is -0.200. The van der Waals surface area contributed by atoms with Crippen LogP contribution in [-0.4, -0.2) is 4.98 Å². The highest BCUT2D eigenvalue weighted by Gasteiger charge is 2.01. The molecule has 2 heterocycles. The summed E-state index contributed by atoms with van der Waals surface area (Å²) in [5, 5.41) is 1.42. The van der Waals surface area contributed by atoms with Gasteiger partial charge in [-0.1, -0.05) is 11.8 Å². The number of aromatic nitrogens is 1. The van der Waals surface area contributed by atoms with Crippen LogP contribution < -0.4 is 0 Å². The summed E-state index contributed by atoms with van der Waals surface area (Å²) in [6.07, 6.45) is 1.85. The van der Waals surface area contributed by atoms with E-state index < -0.39 is 0 Å². The average molecular weight is 352 g/mol. The molecule has 0 bridgehead atoms. The molecule has 0 aliphatic carbocycles. The zero-order valence-electron chi connectivity index (χ0n) is 7.61. The van der Waals surface area contributed by atoms with E-state index in [1.807, 2.05) is 24.4 Å². The molecule has 2 nitrogen and oxygen atoms in total. The lowest BCUT2D eigenvalue weighted by Gasteiger charge is -1.98. The van der Waals surface area contributed by atoms with Gasteiger partial charge in [-0.3, -0.25) is 0 Å². The molecule has 2 aromatic heterocycles. The minimum atomic E-state index is 0.432. The van der Waals surface area contributed by atoms with Crippen molar-refractivity contribution in [2.45, 2.75) is 10.8 Å². The van der Waals surface area contributed by atoms with Crippen molar-refractivity contribution in [2.75, 3.05) is 0 Å². The van der Waals surface area contributed by atoms with Crippen molar-refractivity contribution in [1.82, 2.24) is 4.98 Å². The van der Waals surface area contributed by atoms with Crippen molar-refractivity contribution in [3.63, 3.8) is 0 Å². The van der Waals surface area contributed by atoms with Crippen LogP contribution >= 0.6 is 46.0 Å². The van der Waals surface area contributed by atoms with E-state index in [4.69, 9.17) is 16.0 Å². The molecule has 2 rings (SSSR count). The first-order valence-electron chi connectivity index (χ1n) is 4.22. The van der Waals surface area contributed by atoms with E-state index in [1.54, 1.807) is 17.8 Å². The Morgan fingerprint density at radius 2 is 2.20 bits per heavy atom. The van der Waals surface area contributed by atoms with Crippen LogP contribution in [0.25, 0.3) is 0 Å². The Kier molecular flexibility index (Phi) is 3.93. The molecule has 0 N–H and O–H groups in total. The van der Waals surface area contributed by atoms with Gasteiger partial charge in [-0.15, -0.1) is 0 Å². The van der Waals surface area contributed by atoms with E-state index in [-0.39, 0.29) is 0 Å². The zero-order chi connectivity index (χ0) is 10.7. The van der Waals surface area contributed by atoms with E-state index in [1.165, 1.54) is 0 Å². The van der Waals surface area contributed by atoms with Crippen LogP contribution in [-0.2, 0) is 5.75 Å². The second kappa shape index (κ2) is 5.23.